The zero-order chi connectivity index (χ0) is 9.35. The fraction of sp³-hybridized carbons (Fsp3) is 0.286. The summed E-state index contributed by atoms with van der Waals surface area (Å²) in [5.41, 5.74) is 5.45. The van der Waals surface area contributed by atoms with Crippen LogP contribution < -0.4 is 5.73 Å². The summed E-state index contributed by atoms with van der Waals surface area (Å²) < 4.78 is 0. The quantitative estimate of drug-likeness (QED) is 0.505. The number of carbonyl (C=O) groups is 1. The smallest absolute Gasteiger partial charge is 0.336 e. The van der Waals surface area contributed by atoms with Gasteiger partial charge in [0.1, 0.15) is 5.00 Å². The van der Waals surface area contributed by atoms with Crippen LogP contribution in [-0.4, -0.2) is 16.1 Å². The second-order valence-corrected chi connectivity index (χ2v) is 3.66. The predicted molar refractivity (Wildman–Crippen MR) is 47.0 cm³/mol. The lowest BCUT2D eigenvalue weighted by Gasteiger charge is -2.20. The highest BCUT2D eigenvalue weighted by molar-refractivity contribution is 6.36. The Bertz CT molecular complexity index is 281. The van der Waals surface area contributed by atoms with Crippen LogP contribution in [0.2, 0.25) is 0 Å². The molecule has 1 atom stereocenters. The molecule has 0 heterocycles. The third kappa shape index (κ3) is 2.00. The SMILES string of the molecule is NC1(Cl)C=C(C(=O)O)C(Cl)=CC1. The van der Waals surface area contributed by atoms with E-state index in [0.29, 0.717) is 6.42 Å². The van der Waals surface area contributed by atoms with E-state index in [4.69, 9.17) is 34.0 Å². The molecule has 0 aromatic heterocycles. The fourth-order valence-corrected chi connectivity index (χ4v) is 1.29. The number of rotatable bonds is 1. The number of hydrogen-bond donors (Lipinski definition) is 2. The topological polar surface area (TPSA) is 63.3 Å². The van der Waals surface area contributed by atoms with Crippen LogP contribution in [-0.2, 0) is 4.79 Å². The van der Waals surface area contributed by atoms with Gasteiger partial charge in [-0.2, -0.15) is 0 Å². The number of halogens is 2. The molecule has 3 N–H and O–H groups in total. The Hall–Kier alpha value is -0.510. The Balaban J connectivity index is 3.02. The molecule has 0 saturated heterocycles. The van der Waals surface area contributed by atoms with E-state index in [0.717, 1.165) is 0 Å². The second kappa shape index (κ2) is 3.09. The Morgan fingerprint density at radius 3 is 2.75 bits per heavy atom. The summed E-state index contributed by atoms with van der Waals surface area (Å²) in [5.74, 6) is -1.12. The van der Waals surface area contributed by atoms with Crippen molar-refractivity contribution in [1.82, 2.24) is 0 Å². The number of carboxylic acid groups (broad SMARTS) is 1. The molecule has 0 aliphatic heterocycles. The molecule has 66 valence electrons. The van der Waals surface area contributed by atoms with E-state index in [1.807, 2.05) is 0 Å². The van der Waals surface area contributed by atoms with E-state index in [1.54, 1.807) is 0 Å². The molecule has 0 spiro atoms. The van der Waals surface area contributed by atoms with E-state index in [2.05, 4.69) is 0 Å². The predicted octanol–water partition coefficient (Wildman–Crippen LogP) is 1.42. The first-order valence-electron chi connectivity index (χ1n) is 3.22. The van der Waals surface area contributed by atoms with Crippen molar-refractivity contribution in [3.63, 3.8) is 0 Å². The van der Waals surface area contributed by atoms with Gasteiger partial charge < -0.3 is 10.8 Å². The lowest BCUT2D eigenvalue weighted by atomic mass is 10.0. The van der Waals surface area contributed by atoms with Gasteiger partial charge in [0.15, 0.2) is 0 Å². The van der Waals surface area contributed by atoms with Gasteiger partial charge in [-0.15, -0.1) is 0 Å². The van der Waals surface area contributed by atoms with E-state index in [9.17, 15) is 4.79 Å². The van der Waals surface area contributed by atoms with Crippen molar-refractivity contribution < 1.29 is 9.90 Å². The van der Waals surface area contributed by atoms with Crippen LogP contribution >= 0.6 is 23.2 Å². The van der Waals surface area contributed by atoms with Crippen LogP contribution in [0.15, 0.2) is 22.8 Å². The summed E-state index contributed by atoms with van der Waals surface area (Å²) in [5, 5.41) is 8.82. The Kier molecular flexibility index (Phi) is 2.46. The van der Waals surface area contributed by atoms with Gasteiger partial charge in [-0.25, -0.2) is 4.79 Å². The summed E-state index contributed by atoms with van der Waals surface area (Å²) >= 11 is 11.3. The molecular weight excluding hydrogens is 201 g/mol. The first-order chi connectivity index (χ1) is 5.42. The molecule has 5 heteroatoms. The first kappa shape index (κ1) is 9.58. The maximum atomic E-state index is 10.5. The van der Waals surface area contributed by atoms with Crippen LogP contribution in [0.3, 0.4) is 0 Å². The van der Waals surface area contributed by atoms with Crippen LogP contribution in [0.4, 0.5) is 0 Å². The van der Waals surface area contributed by atoms with Gasteiger partial charge in [0.2, 0.25) is 0 Å². The minimum absolute atomic E-state index is 0.0413. The fourth-order valence-electron chi connectivity index (χ4n) is 0.888. The number of carboxylic acids is 1. The zero-order valence-electron chi connectivity index (χ0n) is 6.05. The van der Waals surface area contributed by atoms with Crippen molar-refractivity contribution in [2.24, 2.45) is 5.73 Å². The Morgan fingerprint density at radius 2 is 2.33 bits per heavy atom. The molecule has 0 bridgehead atoms. The molecule has 0 aromatic rings. The minimum Gasteiger partial charge on any atom is -0.478 e. The van der Waals surface area contributed by atoms with Crippen LogP contribution in [0.1, 0.15) is 6.42 Å². The van der Waals surface area contributed by atoms with Crippen LogP contribution in [0.25, 0.3) is 0 Å². The van der Waals surface area contributed by atoms with E-state index in [1.165, 1.54) is 12.2 Å². The Labute approximate surface area is 79.4 Å². The highest BCUT2D eigenvalue weighted by Crippen LogP contribution is 2.29. The van der Waals surface area contributed by atoms with Crippen LogP contribution in [0, 0.1) is 0 Å². The average molecular weight is 208 g/mol. The maximum Gasteiger partial charge on any atom is 0.336 e. The normalized spacial score (nSPS) is 29.2. The summed E-state index contributed by atoms with van der Waals surface area (Å²) in [7, 11) is 0. The van der Waals surface area contributed by atoms with Gasteiger partial charge in [0.25, 0.3) is 0 Å². The van der Waals surface area contributed by atoms with Crippen molar-refractivity contribution in [2.45, 2.75) is 11.4 Å². The van der Waals surface area contributed by atoms with Gasteiger partial charge in [-0.1, -0.05) is 29.3 Å². The monoisotopic (exact) mass is 207 g/mol. The van der Waals surface area contributed by atoms with Gasteiger partial charge in [-0.3, -0.25) is 0 Å². The molecule has 0 saturated carbocycles. The number of alkyl halides is 1. The van der Waals surface area contributed by atoms with E-state index in [-0.39, 0.29) is 10.6 Å². The molecule has 12 heavy (non-hydrogen) atoms. The van der Waals surface area contributed by atoms with Crippen molar-refractivity contribution >= 4 is 29.2 Å². The van der Waals surface area contributed by atoms with Crippen molar-refractivity contribution in [1.29, 1.82) is 0 Å². The zero-order valence-corrected chi connectivity index (χ0v) is 7.56. The third-order valence-corrected chi connectivity index (χ3v) is 2.09. The van der Waals surface area contributed by atoms with Crippen molar-refractivity contribution in [2.75, 3.05) is 0 Å². The highest BCUT2D eigenvalue weighted by Gasteiger charge is 2.26. The highest BCUT2D eigenvalue weighted by atomic mass is 35.5. The average Bonchev–Trinajstić information content (AvgIpc) is 1.94. The standard InChI is InChI=1S/C7H7Cl2NO2/c8-5-1-2-7(9,10)3-4(5)6(11)12/h1,3H,2,10H2,(H,11,12). The van der Waals surface area contributed by atoms with Crippen LogP contribution in [0.5, 0.6) is 0 Å². The molecule has 0 amide bonds. The molecule has 0 fully saturated rings. The van der Waals surface area contributed by atoms with Gasteiger partial charge in [-0.05, 0) is 6.08 Å². The van der Waals surface area contributed by atoms with Gasteiger partial charge in [0, 0.05) is 6.42 Å². The van der Waals surface area contributed by atoms with Crippen molar-refractivity contribution in [3.05, 3.63) is 22.8 Å². The molecular formula is C7H7Cl2NO2. The lowest BCUT2D eigenvalue weighted by molar-refractivity contribution is -0.132. The summed E-state index contributed by atoms with van der Waals surface area (Å²) in [6.07, 6.45) is 3.08. The molecule has 1 rings (SSSR count). The number of hydrogen-bond acceptors (Lipinski definition) is 2. The molecule has 1 aliphatic carbocycles. The summed E-state index contributed by atoms with van der Waals surface area (Å²) in [6.45, 7) is 0. The number of aliphatic carboxylic acids is 1. The molecule has 1 aliphatic rings. The summed E-state index contributed by atoms with van der Waals surface area (Å²) in [6, 6.07) is 0. The number of nitrogens with two attached hydrogens (primary N) is 1. The molecule has 3 nitrogen and oxygen atoms in total. The van der Waals surface area contributed by atoms with Gasteiger partial charge >= 0.3 is 5.97 Å². The first-order valence-corrected chi connectivity index (χ1v) is 3.98. The van der Waals surface area contributed by atoms with E-state index >= 15 is 0 Å². The molecule has 0 aromatic carbocycles. The van der Waals surface area contributed by atoms with E-state index < -0.39 is 11.0 Å². The Morgan fingerprint density at radius 1 is 1.75 bits per heavy atom. The second-order valence-electron chi connectivity index (χ2n) is 2.55. The van der Waals surface area contributed by atoms with Crippen molar-refractivity contribution in [3.8, 4) is 0 Å². The largest absolute Gasteiger partial charge is 0.478 e. The molecule has 1 unspecified atom stereocenters. The summed E-state index contributed by atoms with van der Waals surface area (Å²) in [4.78, 5) is 9.43. The minimum atomic E-state index is -1.12. The van der Waals surface area contributed by atoms with Gasteiger partial charge in [0.05, 0.1) is 10.6 Å². The lowest BCUT2D eigenvalue weighted by Crippen LogP contribution is -2.32. The molecule has 0 radical (unpaired) electrons. The maximum absolute atomic E-state index is 10.5. The third-order valence-electron chi connectivity index (χ3n) is 1.47.